The van der Waals surface area contributed by atoms with Gasteiger partial charge in [-0.1, -0.05) is 24.3 Å². The summed E-state index contributed by atoms with van der Waals surface area (Å²) in [6.07, 6.45) is 2.14. The summed E-state index contributed by atoms with van der Waals surface area (Å²) in [5.41, 5.74) is 2.64. The molecule has 2 aliphatic heterocycles. The van der Waals surface area contributed by atoms with E-state index in [4.69, 9.17) is 14.5 Å². The number of halogens is 1. The summed E-state index contributed by atoms with van der Waals surface area (Å²) in [6.45, 7) is 9.99. The fraction of sp³-hybridized carbons (Fsp3) is 0.682. The Morgan fingerprint density at radius 3 is 2.62 bits per heavy atom. The van der Waals surface area contributed by atoms with Gasteiger partial charge in [0.05, 0.1) is 19.7 Å². The second kappa shape index (κ2) is 11.5. The molecule has 0 bridgehead atoms. The van der Waals surface area contributed by atoms with Gasteiger partial charge in [-0.3, -0.25) is 4.99 Å². The average Bonchev–Trinajstić information content (AvgIpc) is 2.72. The summed E-state index contributed by atoms with van der Waals surface area (Å²) in [7, 11) is 4.33. The van der Waals surface area contributed by atoms with Crippen LogP contribution >= 0.6 is 24.0 Å². The Bertz CT molecular complexity index is 662. The van der Waals surface area contributed by atoms with Gasteiger partial charge in [0.15, 0.2) is 5.96 Å². The van der Waals surface area contributed by atoms with Crippen molar-refractivity contribution in [2.24, 2.45) is 4.99 Å². The van der Waals surface area contributed by atoms with E-state index in [1.54, 1.807) is 0 Å². The van der Waals surface area contributed by atoms with Gasteiger partial charge in [-0.25, -0.2) is 0 Å². The third-order valence-electron chi connectivity index (χ3n) is 6.13. The van der Waals surface area contributed by atoms with Gasteiger partial charge in [-0.15, -0.1) is 24.0 Å². The molecule has 2 heterocycles. The lowest BCUT2D eigenvalue weighted by Crippen LogP contribution is -2.53. The first-order chi connectivity index (χ1) is 13.6. The van der Waals surface area contributed by atoms with Gasteiger partial charge in [-0.2, -0.15) is 0 Å². The zero-order chi connectivity index (χ0) is 20.0. The Morgan fingerprint density at radius 2 is 1.97 bits per heavy atom. The van der Waals surface area contributed by atoms with Crippen molar-refractivity contribution in [1.29, 1.82) is 0 Å². The molecule has 0 amide bonds. The van der Waals surface area contributed by atoms with E-state index in [2.05, 4.69) is 67.3 Å². The van der Waals surface area contributed by atoms with Gasteiger partial charge in [0.1, 0.15) is 6.10 Å². The van der Waals surface area contributed by atoms with Gasteiger partial charge in [-0.05, 0) is 51.9 Å². The highest BCUT2D eigenvalue weighted by molar-refractivity contribution is 14.0. The molecule has 29 heavy (non-hydrogen) atoms. The highest BCUT2D eigenvalue weighted by atomic mass is 127. The third-order valence-corrected chi connectivity index (χ3v) is 6.13. The van der Waals surface area contributed by atoms with Crippen LogP contribution in [0.1, 0.15) is 37.0 Å². The number of guanidine groups is 1. The van der Waals surface area contributed by atoms with Crippen LogP contribution in [0.3, 0.4) is 0 Å². The maximum absolute atomic E-state index is 6.11. The number of likely N-dealkylation sites (N-methyl/N-ethyl adjacent to an activating group) is 1. The largest absolute Gasteiger partial charge is 0.381 e. The van der Waals surface area contributed by atoms with Gasteiger partial charge in [0.25, 0.3) is 0 Å². The summed E-state index contributed by atoms with van der Waals surface area (Å²) < 4.78 is 11.7. The Labute approximate surface area is 193 Å². The standard InChI is InChI=1S/C22H36N4O2.HI/c1-5-23-21(24-17-22(25(3)4)10-13-27-14-11-22)26-12-15-28-20(16-26)19-9-7-6-8-18(19)2;/h6-9,20H,5,10-17H2,1-4H3,(H,23,24);1H. The van der Waals surface area contributed by atoms with Crippen LogP contribution in [0.2, 0.25) is 0 Å². The molecule has 0 saturated carbocycles. The van der Waals surface area contributed by atoms with Crippen molar-refractivity contribution >= 4 is 29.9 Å². The molecule has 7 heteroatoms. The van der Waals surface area contributed by atoms with Crippen molar-refractivity contribution in [1.82, 2.24) is 15.1 Å². The Kier molecular flexibility index (Phi) is 9.65. The number of nitrogens with one attached hydrogen (secondary N) is 1. The number of nitrogens with zero attached hydrogens (tertiary/aromatic N) is 3. The Morgan fingerprint density at radius 1 is 1.24 bits per heavy atom. The van der Waals surface area contributed by atoms with Crippen molar-refractivity contribution < 1.29 is 9.47 Å². The lowest BCUT2D eigenvalue weighted by Gasteiger charge is -2.42. The Balaban J connectivity index is 0.00000300. The Hall–Kier alpha value is -0.900. The van der Waals surface area contributed by atoms with E-state index >= 15 is 0 Å². The maximum atomic E-state index is 6.11. The minimum Gasteiger partial charge on any atom is -0.381 e. The number of aliphatic imine (C=N–C) groups is 1. The fourth-order valence-corrected chi connectivity index (χ4v) is 4.12. The summed E-state index contributed by atoms with van der Waals surface area (Å²) >= 11 is 0. The number of rotatable bonds is 5. The SMILES string of the molecule is CCNC(=NCC1(N(C)C)CCOCC1)N1CCOC(c2ccccc2C)C1.I. The molecule has 3 rings (SSSR count). The van der Waals surface area contributed by atoms with E-state index < -0.39 is 0 Å². The molecule has 1 atom stereocenters. The molecule has 0 spiro atoms. The summed E-state index contributed by atoms with van der Waals surface area (Å²) in [5.74, 6) is 0.997. The fourth-order valence-electron chi connectivity index (χ4n) is 4.12. The molecule has 1 unspecified atom stereocenters. The minimum absolute atomic E-state index is 0. The predicted molar refractivity (Wildman–Crippen MR) is 129 cm³/mol. The molecular formula is C22H37IN4O2. The van der Waals surface area contributed by atoms with Crippen LogP contribution in [-0.4, -0.2) is 81.4 Å². The predicted octanol–water partition coefficient (Wildman–Crippen LogP) is 3.06. The topological polar surface area (TPSA) is 49.3 Å². The lowest BCUT2D eigenvalue weighted by molar-refractivity contribution is -0.00994. The minimum atomic E-state index is 0. The molecule has 0 aliphatic carbocycles. The van der Waals surface area contributed by atoms with Crippen LogP contribution in [0.4, 0.5) is 0 Å². The van der Waals surface area contributed by atoms with Crippen molar-refractivity contribution in [2.75, 3.05) is 60.1 Å². The van der Waals surface area contributed by atoms with Crippen LogP contribution in [0.5, 0.6) is 0 Å². The second-order valence-corrected chi connectivity index (χ2v) is 8.06. The maximum Gasteiger partial charge on any atom is 0.194 e. The molecule has 2 fully saturated rings. The highest BCUT2D eigenvalue weighted by Gasteiger charge is 2.35. The van der Waals surface area contributed by atoms with Crippen LogP contribution in [0.15, 0.2) is 29.3 Å². The molecule has 0 radical (unpaired) electrons. The van der Waals surface area contributed by atoms with Crippen molar-refractivity contribution in [3.05, 3.63) is 35.4 Å². The van der Waals surface area contributed by atoms with Gasteiger partial charge in [0, 0.05) is 31.8 Å². The van der Waals surface area contributed by atoms with E-state index in [1.807, 2.05) is 0 Å². The first-order valence-corrected chi connectivity index (χ1v) is 10.5. The van der Waals surface area contributed by atoms with E-state index in [1.165, 1.54) is 11.1 Å². The molecular weight excluding hydrogens is 479 g/mol. The van der Waals surface area contributed by atoms with Gasteiger partial charge in [0.2, 0.25) is 0 Å². The van der Waals surface area contributed by atoms with Gasteiger partial charge < -0.3 is 24.6 Å². The molecule has 1 aromatic carbocycles. The van der Waals surface area contributed by atoms with Crippen molar-refractivity contribution in [3.8, 4) is 0 Å². The monoisotopic (exact) mass is 516 g/mol. The summed E-state index contributed by atoms with van der Waals surface area (Å²) in [4.78, 5) is 9.77. The molecule has 6 nitrogen and oxygen atoms in total. The number of hydrogen-bond donors (Lipinski definition) is 1. The van der Waals surface area contributed by atoms with Crippen molar-refractivity contribution in [3.63, 3.8) is 0 Å². The second-order valence-electron chi connectivity index (χ2n) is 8.06. The average molecular weight is 516 g/mol. The van der Waals surface area contributed by atoms with E-state index in [0.717, 1.165) is 64.8 Å². The highest BCUT2D eigenvalue weighted by Crippen LogP contribution is 2.27. The zero-order valence-corrected chi connectivity index (χ0v) is 20.6. The number of morpholine rings is 1. The van der Waals surface area contributed by atoms with Crippen LogP contribution in [0.25, 0.3) is 0 Å². The number of benzene rings is 1. The first kappa shape index (κ1) is 24.4. The summed E-state index contributed by atoms with van der Waals surface area (Å²) in [6, 6.07) is 8.51. The smallest absolute Gasteiger partial charge is 0.194 e. The quantitative estimate of drug-likeness (QED) is 0.371. The molecule has 1 aromatic rings. The number of aryl methyl sites for hydroxylation is 1. The number of ether oxygens (including phenoxy) is 2. The van der Waals surface area contributed by atoms with Crippen LogP contribution < -0.4 is 5.32 Å². The normalized spacial score (nSPS) is 22.3. The zero-order valence-electron chi connectivity index (χ0n) is 18.3. The van der Waals surface area contributed by atoms with E-state index in [0.29, 0.717) is 0 Å². The lowest BCUT2D eigenvalue weighted by atomic mass is 9.89. The number of hydrogen-bond acceptors (Lipinski definition) is 4. The van der Waals surface area contributed by atoms with E-state index in [9.17, 15) is 0 Å². The molecule has 2 aliphatic rings. The molecule has 164 valence electrons. The molecule has 0 aromatic heterocycles. The third kappa shape index (κ3) is 6.06. The van der Waals surface area contributed by atoms with E-state index in [-0.39, 0.29) is 35.6 Å². The summed E-state index contributed by atoms with van der Waals surface area (Å²) in [5, 5.41) is 3.51. The van der Waals surface area contributed by atoms with Gasteiger partial charge >= 0.3 is 0 Å². The molecule has 1 N–H and O–H groups in total. The first-order valence-electron chi connectivity index (χ1n) is 10.5. The van der Waals surface area contributed by atoms with Crippen LogP contribution in [0, 0.1) is 6.92 Å². The molecule has 2 saturated heterocycles. The van der Waals surface area contributed by atoms with Crippen LogP contribution in [-0.2, 0) is 9.47 Å². The van der Waals surface area contributed by atoms with Crippen molar-refractivity contribution in [2.45, 2.75) is 38.3 Å².